The molecule has 1 unspecified atom stereocenters. The van der Waals surface area contributed by atoms with Crippen molar-refractivity contribution in [3.63, 3.8) is 0 Å². The Morgan fingerprint density at radius 1 is 1.44 bits per heavy atom. The summed E-state index contributed by atoms with van der Waals surface area (Å²) in [7, 11) is 0. The first-order chi connectivity index (χ1) is 8.63. The molecular weight excluding hydrogens is 226 g/mol. The summed E-state index contributed by atoms with van der Waals surface area (Å²) in [5.74, 6) is 0.906. The first-order valence-electron chi connectivity index (χ1n) is 6.43. The van der Waals surface area contributed by atoms with E-state index >= 15 is 0 Å². The van der Waals surface area contributed by atoms with E-state index in [-0.39, 0.29) is 0 Å². The second-order valence-electron chi connectivity index (χ2n) is 4.64. The van der Waals surface area contributed by atoms with Gasteiger partial charge in [-0.15, -0.1) is 0 Å². The summed E-state index contributed by atoms with van der Waals surface area (Å²) in [4.78, 5) is 0. The van der Waals surface area contributed by atoms with Crippen LogP contribution in [0.2, 0.25) is 0 Å². The molecule has 0 aliphatic rings. The van der Waals surface area contributed by atoms with Gasteiger partial charge in [0.05, 0.1) is 12.2 Å². The topological polar surface area (TPSA) is 43.0 Å². The van der Waals surface area contributed by atoms with E-state index in [1.807, 2.05) is 13.8 Å². The summed E-state index contributed by atoms with van der Waals surface area (Å²) in [6.07, 6.45) is 2.11. The van der Waals surface area contributed by atoms with Gasteiger partial charge >= 0.3 is 0 Å². The lowest BCUT2D eigenvalue weighted by Crippen LogP contribution is -2.21. The van der Waals surface area contributed by atoms with E-state index in [9.17, 15) is 0 Å². The number of nitrogens with one attached hydrogen (secondary N) is 1. The molecule has 0 aromatic carbocycles. The molecule has 0 fully saturated rings. The molecular formula is C14H21N3O. The van der Waals surface area contributed by atoms with Crippen molar-refractivity contribution < 1.29 is 4.52 Å². The molecule has 2 aromatic rings. The molecule has 4 heteroatoms. The van der Waals surface area contributed by atoms with Crippen LogP contribution in [0.15, 0.2) is 22.9 Å². The van der Waals surface area contributed by atoms with Crippen molar-refractivity contribution in [3.8, 4) is 0 Å². The molecule has 0 saturated heterocycles. The number of hydrogen-bond donors (Lipinski definition) is 1. The van der Waals surface area contributed by atoms with Gasteiger partial charge in [0.2, 0.25) is 0 Å². The van der Waals surface area contributed by atoms with E-state index in [2.05, 4.69) is 47.2 Å². The Labute approximate surface area is 108 Å². The lowest BCUT2D eigenvalue weighted by Gasteiger charge is -2.16. The van der Waals surface area contributed by atoms with Crippen LogP contribution in [0, 0.1) is 13.8 Å². The average molecular weight is 247 g/mol. The lowest BCUT2D eigenvalue weighted by molar-refractivity contribution is 0.392. The van der Waals surface area contributed by atoms with Crippen LogP contribution in [0.4, 0.5) is 0 Å². The maximum absolute atomic E-state index is 5.21. The first kappa shape index (κ1) is 12.9. The molecule has 1 N–H and O–H groups in total. The lowest BCUT2D eigenvalue weighted by atomic mass is 10.2. The van der Waals surface area contributed by atoms with E-state index in [4.69, 9.17) is 4.52 Å². The van der Waals surface area contributed by atoms with Crippen LogP contribution in [0.1, 0.15) is 42.6 Å². The third-order valence-corrected chi connectivity index (χ3v) is 3.33. The third-order valence-electron chi connectivity index (χ3n) is 3.33. The molecule has 0 spiro atoms. The van der Waals surface area contributed by atoms with Crippen molar-refractivity contribution >= 4 is 0 Å². The van der Waals surface area contributed by atoms with Gasteiger partial charge in [0, 0.05) is 23.5 Å². The van der Waals surface area contributed by atoms with Crippen LogP contribution in [0.3, 0.4) is 0 Å². The van der Waals surface area contributed by atoms with Gasteiger partial charge in [-0.25, -0.2) is 0 Å². The molecule has 0 saturated carbocycles. The minimum atomic E-state index is 0.352. The van der Waals surface area contributed by atoms with Crippen LogP contribution < -0.4 is 5.32 Å². The van der Waals surface area contributed by atoms with Crippen molar-refractivity contribution in [2.75, 3.05) is 6.54 Å². The summed E-state index contributed by atoms with van der Waals surface area (Å²) < 4.78 is 7.46. The maximum atomic E-state index is 5.21. The van der Waals surface area contributed by atoms with Gasteiger partial charge in [-0.05, 0) is 39.4 Å². The standard InChI is InChI=1S/C14H21N3O/c1-5-15-11(3)14-7-6-8-17(14)9-13-10(2)16-18-12(13)4/h6-8,11,15H,5,9H2,1-4H3. The van der Waals surface area contributed by atoms with Crippen LogP contribution in [0.5, 0.6) is 0 Å². The van der Waals surface area contributed by atoms with Crippen molar-refractivity contribution in [2.45, 2.75) is 40.3 Å². The highest BCUT2D eigenvalue weighted by Gasteiger charge is 2.13. The predicted octanol–water partition coefficient (Wildman–Crippen LogP) is 2.81. The molecule has 0 bridgehead atoms. The van der Waals surface area contributed by atoms with Crippen LogP contribution in [0.25, 0.3) is 0 Å². The summed E-state index contributed by atoms with van der Waals surface area (Å²) in [6.45, 7) is 10.0. The van der Waals surface area contributed by atoms with Crippen LogP contribution in [-0.4, -0.2) is 16.3 Å². The Bertz CT molecular complexity index is 493. The fourth-order valence-electron chi connectivity index (χ4n) is 2.27. The number of aryl methyl sites for hydroxylation is 2. The summed E-state index contributed by atoms with van der Waals surface area (Å²) in [6, 6.07) is 4.60. The number of nitrogens with zero attached hydrogens (tertiary/aromatic N) is 2. The van der Waals surface area contributed by atoms with Gasteiger partial charge in [0.15, 0.2) is 0 Å². The van der Waals surface area contributed by atoms with E-state index < -0.39 is 0 Å². The Balaban J connectivity index is 2.22. The molecule has 2 aromatic heterocycles. The van der Waals surface area contributed by atoms with Crippen molar-refractivity contribution in [3.05, 3.63) is 41.0 Å². The van der Waals surface area contributed by atoms with E-state index in [0.29, 0.717) is 6.04 Å². The fraction of sp³-hybridized carbons (Fsp3) is 0.500. The smallest absolute Gasteiger partial charge is 0.138 e. The molecule has 2 rings (SSSR count). The fourth-order valence-corrected chi connectivity index (χ4v) is 2.27. The van der Waals surface area contributed by atoms with Crippen LogP contribution in [-0.2, 0) is 6.54 Å². The zero-order valence-electron chi connectivity index (χ0n) is 11.5. The van der Waals surface area contributed by atoms with Gasteiger partial charge in [0.25, 0.3) is 0 Å². The van der Waals surface area contributed by atoms with Crippen molar-refractivity contribution in [1.29, 1.82) is 0 Å². The molecule has 2 heterocycles. The second kappa shape index (κ2) is 5.40. The largest absolute Gasteiger partial charge is 0.361 e. The van der Waals surface area contributed by atoms with Gasteiger partial charge in [-0.2, -0.15) is 0 Å². The number of hydrogen-bond acceptors (Lipinski definition) is 3. The summed E-state index contributed by atoms with van der Waals surface area (Å²) in [5.41, 5.74) is 3.44. The molecule has 18 heavy (non-hydrogen) atoms. The summed E-state index contributed by atoms with van der Waals surface area (Å²) in [5, 5.41) is 7.44. The van der Waals surface area contributed by atoms with Crippen molar-refractivity contribution in [2.24, 2.45) is 0 Å². The number of rotatable bonds is 5. The van der Waals surface area contributed by atoms with E-state index in [1.54, 1.807) is 0 Å². The second-order valence-corrected chi connectivity index (χ2v) is 4.64. The van der Waals surface area contributed by atoms with E-state index in [1.165, 1.54) is 11.3 Å². The zero-order valence-corrected chi connectivity index (χ0v) is 11.5. The Kier molecular flexibility index (Phi) is 3.87. The van der Waals surface area contributed by atoms with Gasteiger partial charge < -0.3 is 14.4 Å². The Hall–Kier alpha value is -1.55. The average Bonchev–Trinajstić information content (AvgIpc) is 2.91. The Morgan fingerprint density at radius 3 is 2.83 bits per heavy atom. The number of aromatic nitrogens is 2. The molecule has 0 radical (unpaired) electrons. The Morgan fingerprint density at radius 2 is 2.22 bits per heavy atom. The van der Waals surface area contributed by atoms with Crippen molar-refractivity contribution in [1.82, 2.24) is 15.0 Å². The molecule has 98 valence electrons. The van der Waals surface area contributed by atoms with Gasteiger partial charge in [-0.3, -0.25) is 0 Å². The summed E-state index contributed by atoms with van der Waals surface area (Å²) >= 11 is 0. The minimum Gasteiger partial charge on any atom is -0.361 e. The molecule has 0 amide bonds. The molecule has 1 atom stereocenters. The maximum Gasteiger partial charge on any atom is 0.138 e. The van der Waals surface area contributed by atoms with Gasteiger partial charge in [-0.1, -0.05) is 12.1 Å². The first-order valence-corrected chi connectivity index (χ1v) is 6.43. The van der Waals surface area contributed by atoms with Crippen LogP contribution >= 0.6 is 0 Å². The highest BCUT2D eigenvalue weighted by Crippen LogP contribution is 2.18. The highest BCUT2D eigenvalue weighted by molar-refractivity contribution is 5.23. The zero-order chi connectivity index (χ0) is 13.1. The van der Waals surface area contributed by atoms with E-state index in [0.717, 1.165) is 24.5 Å². The molecule has 0 aliphatic carbocycles. The molecule has 0 aliphatic heterocycles. The molecule has 4 nitrogen and oxygen atoms in total. The highest BCUT2D eigenvalue weighted by atomic mass is 16.5. The predicted molar refractivity (Wildman–Crippen MR) is 71.6 cm³/mol. The van der Waals surface area contributed by atoms with Gasteiger partial charge in [0.1, 0.15) is 5.76 Å². The normalized spacial score (nSPS) is 12.9. The SMILES string of the molecule is CCNC(C)c1cccn1Cc1c(C)noc1C. The monoisotopic (exact) mass is 247 g/mol. The third kappa shape index (κ3) is 2.48. The quantitative estimate of drug-likeness (QED) is 0.883. The minimum absolute atomic E-state index is 0.352.